The summed E-state index contributed by atoms with van der Waals surface area (Å²) in [7, 11) is 0. The topological polar surface area (TPSA) is 43.1 Å². The molecule has 0 radical (unpaired) electrons. The fraction of sp³-hybridized carbons (Fsp3) is 0.0500. The van der Waals surface area contributed by atoms with Gasteiger partial charge in [0.1, 0.15) is 22.9 Å². The van der Waals surface area contributed by atoms with Crippen molar-refractivity contribution >= 4 is 5.91 Å². The molecule has 3 rings (SSSR count). The predicted octanol–water partition coefficient (Wildman–Crippen LogP) is 3.92. The van der Waals surface area contributed by atoms with Crippen molar-refractivity contribution in [3.8, 4) is 0 Å². The van der Waals surface area contributed by atoms with Gasteiger partial charge in [0.2, 0.25) is 5.91 Å². The number of primary amides is 1. The number of carbonyl (C=O) groups excluding carboxylic acids is 1. The molecule has 0 atom stereocenters. The number of rotatable bonds is 4. The van der Waals surface area contributed by atoms with Crippen molar-refractivity contribution in [2.24, 2.45) is 5.73 Å². The van der Waals surface area contributed by atoms with Crippen LogP contribution in [0.15, 0.2) is 72.8 Å². The average Bonchev–Trinajstić information content (AvgIpc) is 2.58. The van der Waals surface area contributed by atoms with Crippen LogP contribution in [-0.4, -0.2) is 5.91 Å². The van der Waals surface area contributed by atoms with E-state index in [4.69, 9.17) is 5.73 Å². The zero-order valence-electron chi connectivity index (χ0n) is 13.0. The summed E-state index contributed by atoms with van der Waals surface area (Å²) in [5.74, 6) is -2.30. The maximum Gasteiger partial charge on any atom is 0.237 e. The number of hydrogen-bond acceptors (Lipinski definition) is 1. The maximum atomic E-state index is 13.8. The van der Waals surface area contributed by atoms with Gasteiger partial charge in [-0.25, -0.2) is 13.2 Å². The summed E-state index contributed by atoms with van der Waals surface area (Å²) in [5.41, 5.74) is 5.16. The highest BCUT2D eigenvalue weighted by Gasteiger charge is 2.42. The van der Waals surface area contributed by atoms with Crippen molar-refractivity contribution in [1.82, 2.24) is 0 Å². The first kappa shape index (κ1) is 16.8. The molecular formula is C20H14F3NO. The number of carbonyl (C=O) groups is 1. The first-order chi connectivity index (χ1) is 11.9. The zero-order chi connectivity index (χ0) is 18.0. The molecule has 0 aliphatic carbocycles. The van der Waals surface area contributed by atoms with E-state index in [0.717, 1.165) is 0 Å². The Bertz CT molecular complexity index is 859. The molecule has 0 saturated carbocycles. The minimum absolute atomic E-state index is 0.276. The summed E-state index contributed by atoms with van der Waals surface area (Å²) in [6, 6.07) is 15.8. The van der Waals surface area contributed by atoms with Crippen LogP contribution in [0.1, 0.15) is 16.7 Å². The SMILES string of the molecule is NC(=O)C(c1ccc(F)cc1)(c1ccc(F)cc1)c1cccc(F)c1. The normalized spacial score (nSPS) is 11.3. The van der Waals surface area contributed by atoms with Crippen LogP contribution in [0, 0.1) is 17.5 Å². The third-order valence-electron chi connectivity index (χ3n) is 4.18. The molecule has 0 heterocycles. The highest BCUT2D eigenvalue weighted by Crippen LogP contribution is 2.39. The van der Waals surface area contributed by atoms with Gasteiger partial charge in [-0.2, -0.15) is 0 Å². The van der Waals surface area contributed by atoms with E-state index in [1.54, 1.807) is 6.07 Å². The molecule has 1 amide bonds. The molecule has 2 N–H and O–H groups in total. The predicted molar refractivity (Wildman–Crippen MR) is 88.3 cm³/mol. The number of hydrogen-bond donors (Lipinski definition) is 1. The van der Waals surface area contributed by atoms with Crippen LogP contribution in [0.3, 0.4) is 0 Å². The number of benzene rings is 3. The Hall–Kier alpha value is -3.08. The third kappa shape index (κ3) is 2.89. The lowest BCUT2D eigenvalue weighted by Gasteiger charge is -2.32. The van der Waals surface area contributed by atoms with Crippen molar-refractivity contribution in [2.45, 2.75) is 5.41 Å². The Morgan fingerprint density at radius 1 is 0.680 bits per heavy atom. The van der Waals surface area contributed by atoms with Crippen LogP contribution in [0.2, 0.25) is 0 Å². The highest BCUT2D eigenvalue weighted by molar-refractivity contribution is 5.95. The Morgan fingerprint density at radius 2 is 1.16 bits per heavy atom. The van der Waals surface area contributed by atoms with Crippen molar-refractivity contribution in [3.63, 3.8) is 0 Å². The molecule has 0 unspecified atom stereocenters. The van der Waals surface area contributed by atoms with E-state index in [1.165, 1.54) is 66.7 Å². The number of amides is 1. The van der Waals surface area contributed by atoms with Gasteiger partial charge in [0.05, 0.1) is 0 Å². The van der Waals surface area contributed by atoms with E-state index >= 15 is 0 Å². The first-order valence-electron chi connectivity index (χ1n) is 7.52. The van der Waals surface area contributed by atoms with Crippen LogP contribution in [0.4, 0.5) is 13.2 Å². The fourth-order valence-corrected chi connectivity index (χ4v) is 3.05. The van der Waals surface area contributed by atoms with Crippen LogP contribution < -0.4 is 5.73 Å². The molecule has 126 valence electrons. The van der Waals surface area contributed by atoms with Crippen molar-refractivity contribution in [1.29, 1.82) is 0 Å². The summed E-state index contributed by atoms with van der Waals surface area (Å²) in [4.78, 5) is 12.6. The Kier molecular flexibility index (Phi) is 4.31. The van der Waals surface area contributed by atoms with E-state index in [0.29, 0.717) is 11.1 Å². The van der Waals surface area contributed by atoms with E-state index in [2.05, 4.69) is 0 Å². The molecule has 0 fully saturated rings. The summed E-state index contributed by atoms with van der Waals surface area (Å²) in [6.45, 7) is 0. The van der Waals surface area contributed by atoms with Gasteiger partial charge in [0, 0.05) is 0 Å². The molecule has 3 aromatic rings. The van der Waals surface area contributed by atoms with Crippen LogP contribution in [-0.2, 0) is 10.2 Å². The van der Waals surface area contributed by atoms with Gasteiger partial charge in [0.15, 0.2) is 0 Å². The van der Waals surface area contributed by atoms with Gasteiger partial charge in [-0.3, -0.25) is 4.79 Å². The van der Waals surface area contributed by atoms with Gasteiger partial charge in [-0.15, -0.1) is 0 Å². The molecule has 0 bridgehead atoms. The average molecular weight is 341 g/mol. The van der Waals surface area contributed by atoms with Gasteiger partial charge >= 0.3 is 0 Å². The summed E-state index contributed by atoms with van der Waals surface area (Å²) in [6.07, 6.45) is 0. The second-order valence-corrected chi connectivity index (χ2v) is 5.64. The number of nitrogens with two attached hydrogens (primary N) is 1. The molecule has 0 spiro atoms. The molecule has 0 aliphatic rings. The third-order valence-corrected chi connectivity index (χ3v) is 4.18. The second kappa shape index (κ2) is 6.43. The second-order valence-electron chi connectivity index (χ2n) is 5.64. The number of halogens is 3. The quantitative estimate of drug-likeness (QED) is 0.718. The zero-order valence-corrected chi connectivity index (χ0v) is 13.0. The molecule has 5 heteroatoms. The van der Waals surface area contributed by atoms with Crippen molar-refractivity contribution in [3.05, 3.63) is 107 Å². The largest absolute Gasteiger partial charge is 0.368 e. The lowest BCUT2D eigenvalue weighted by Crippen LogP contribution is -2.43. The Labute approximate surface area is 142 Å². The monoisotopic (exact) mass is 341 g/mol. The van der Waals surface area contributed by atoms with Crippen LogP contribution >= 0.6 is 0 Å². The van der Waals surface area contributed by atoms with Crippen LogP contribution in [0.5, 0.6) is 0 Å². The smallest absolute Gasteiger partial charge is 0.237 e. The van der Waals surface area contributed by atoms with Gasteiger partial charge in [-0.05, 0) is 53.1 Å². The molecule has 0 aliphatic heterocycles. The van der Waals surface area contributed by atoms with E-state index in [9.17, 15) is 18.0 Å². The van der Waals surface area contributed by atoms with E-state index in [-0.39, 0.29) is 5.56 Å². The lowest BCUT2D eigenvalue weighted by atomic mass is 9.69. The maximum absolute atomic E-state index is 13.8. The lowest BCUT2D eigenvalue weighted by molar-refractivity contribution is -0.120. The minimum atomic E-state index is -1.58. The Morgan fingerprint density at radius 3 is 1.56 bits per heavy atom. The van der Waals surface area contributed by atoms with Crippen molar-refractivity contribution in [2.75, 3.05) is 0 Å². The summed E-state index contributed by atoms with van der Waals surface area (Å²) in [5, 5.41) is 0. The molecule has 0 aromatic heterocycles. The van der Waals surface area contributed by atoms with Gasteiger partial charge in [-0.1, -0.05) is 36.4 Å². The molecular weight excluding hydrogens is 327 g/mol. The minimum Gasteiger partial charge on any atom is -0.368 e. The van der Waals surface area contributed by atoms with Crippen molar-refractivity contribution < 1.29 is 18.0 Å². The molecule has 0 saturated heterocycles. The fourth-order valence-electron chi connectivity index (χ4n) is 3.05. The highest BCUT2D eigenvalue weighted by atomic mass is 19.1. The summed E-state index contributed by atoms with van der Waals surface area (Å²) >= 11 is 0. The van der Waals surface area contributed by atoms with E-state index < -0.39 is 28.8 Å². The van der Waals surface area contributed by atoms with E-state index in [1.807, 2.05) is 0 Å². The molecule has 2 nitrogen and oxygen atoms in total. The van der Waals surface area contributed by atoms with Crippen LogP contribution in [0.25, 0.3) is 0 Å². The molecule has 3 aromatic carbocycles. The Balaban J connectivity index is 2.38. The first-order valence-corrected chi connectivity index (χ1v) is 7.52. The van der Waals surface area contributed by atoms with Gasteiger partial charge < -0.3 is 5.73 Å². The van der Waals surface area contributed by atoms with Gasteiger partial charge in [0.25, 0.3) is 0 Å². The standard InChI is InChI=1S/C20H14F3NO/c21-16-8-4-13(5-9-16)20(19(24)25,14-6-10-17(22)11-7-14)15-2-1-3-18(23)12-15/h1-12H,(H2,24,25). The molecule has 25 heavy (non-hydrogen) atoms. The summed E-state index contributed by atoms with van der Waals surface area (Å²) < 4.78 is 40.6.